The predicted octanol–water partition coefficient (Wildman–Crippen LogP) is 3.23. The minimum Gasteiger partial charge on any atom is -0.497 e. The van der Waals surface area contributed by atoms with Gasteiger partial charge in [-0.2, -0.15) is 0 Å². The van der Waals surface area contributed by atoms with Crippen molar-refractivity contribution in [3.8, 4) is 5.75 Å². The molecule has 0 bridgehead atoms. The first-order chi connectivity index (χ1) is 12.0. The van der Waals surface area contributed by atoms with Crippen molar-refractivity contribution in [2.45, 2.75) is 18.9 Å². The van der Waals surface area contributed by atoms with Crippen LogP contribution in [0.15, 0.2) is 36.4 Å². The first kappa shape index (κ1) is 17.2. The number of methoxy groups -OCH3 is 1. The summed E-state index contributed by atoms with van der Waals surface area (Å²) in [6.07, 6.45) is 0.0179. The second kappa shape index (κ2) is 7.11. The number of anilines is 1. The fraction of sp³-hybridized carbons (Fsp3) is 0.222. The van der Waals surface area contributed by atoms with E-state index in [4.69, 9.17) is 16.3 Å². The van der Waals surface area contributed by atoms with Gasteiger partial charge in [-0.1, -0.05) is 23.7 Å². The minimum atomic E-state index is -0.666. The Balaban J connectivity index is 1.80. The number of hydrogen-bond acceptors (Lipinski definition) is 3. The molecule has 130 valence electrons. The first-order valence-corrected chi connectivity index (χ1v) is 8.05. The van der Waals surface area contributed by atoms with Gasteiger partial charge in [0.05, 0.1) is 18.1 Å². The van der Waals surface area contributed by atoms with Crippen LogP contribution >= 0.6 is 11.6 Å². The van der Waals surface area contributed by atoms with E-state index in [0.29, 0.717) is 17.0 Å². The second-order valence-corrected chi connectivity index (χ2v) is 6.10. The summed E-state index contributed by atoms with van der Waals surface area (Å²) in [4.78, 5) is 24.5. The van der Waals surface area contributed by atoms with Gasteiger partial charge in [0, 0.05) is 24.2 Å². The van der Waals surface area contributed by atoms with Crippen LogP contribution < -0.4 is 15.4 Å². The molecular weight excluding hydrogens is 347 g/mol. The van der Waals surface area contributed by atoms with Crippen molar-refractivity contribution >= 4 is 29.1 Å². The summed E-state index contributed by atoms with van der Waals surface area (Å²) in [5, 5.41) is 5.41. The molecule has 2 aromatic carbocycles. The minimum absolute atomic E-state index is 0.00104. The van der Waals surface area contributed by atoms with Gasteiger partial charge in [0.25, 0.3) is 0 Å². The Hall–Kier alpha value is -2.60. The third-order valence-electron chi connectivity index (χ3n) is 4.10. The molecule has 2 aromatic rings. The molecule has 2 N–H and O–H groups in total. The Kier molecular flexibility index (Phi) is 4.90. The Bertz CT molecular complexity index is 841. The lowest BCUT2D eigenvalue weighted by Gasteiger charge is -2.25. The van der Waals surface area contributed by atoms with E-state index < -0.39 is 11.7 Å². The Morgan fingerprint density at radius 2 is 2.20 bits per heavy atom. The molecule has 0 saturated carbocycles. The molecule has 2 amide bonds. The molecular formula is C18H16ClFN2O3. The van der Waals surface area contributed by atoms with Crippen LogP contribution in [0, 0.1) is 5.82 Å². The Morgan fingerprint density at radius 3 is 2.96 bits per heavy atom. The van der Waals surface area contributed by atoms with Crippen LogP contribution in [0.4, 0.5) is 10.1 Å². The van der Waals surface area contributed by atoms with Crippen LogP contribution in [-0.4, -0.2) is 18.9 Å². The van der Waals surface area contributed by atoms with E-state index >= 15 is 0 Å². The van der Waals surface area contributed by atoms with Gasteiger partial charge in [-0.05, 0) is 29.8 Å². The average molecular weight is 363 g/mol. The Morgan fingerprint density at radius 1 is 1.40 bits per heavy atom. The lowest BCUT2D eigenvalue weighted by atomic mass is 9.89. The second-order valence-electron chi connectivity index (χ2n) is 5.69. The smallest absolute Gasteiger partial charge is 0.228 e. The van der Waals surface area contributed by atoms with E-state index in [0.717, 1.165) is 0 Å². The summed E-state index contributed by atoms with van der Waals surface area (Å²) in [5.41, 5.74) is 1.53. The van der Waals surface area contributed by atoms with E-state index in [1.54, 1.807) is 30.3 Å². The molecule has 25 heavy (non-hydrogen) atoms. The van der Waals surface area contributed by atoms with Gasteiger partial charge < -0.3 is 15.4 Å². The van der Waals surface area contributed by atoms with Crippen LogP contribution in [0.1, 0.15) is 23.5 Å². The third kappa shape index (κ3) is 3.58. The summed E-state index contributed by atoms with van der Waals surface area (Å²) < 4.78 is 19.1. The van der Waals surface area contributed by atoms with E-state index in [2.05, 4.69) is 10.6 Å². The maximum Gasteiger partial charge on any atom is 0.228 e. The molecule has 0 spiro atoms. The molecule has 7 heteroatoms. The highest BCUT2D eigenvalue weighted by Gasteiger charge is 2.31. The number of amides is 2. The highest BCUT2D eigenvalue weighted by Crippen LogP contribution is 2.35. The summed E-state index contributed by atoms with van der Waals surface area (Å²) in [5.74, 6) is -1.24. The zero-order valence-corrected chi connectivity index (χ0v) is 14.2. The predicted molar refractivity (Wildman–Crippen MR) is 92.2 cm³/mol. The standard InChI is InChI=1S/C18H16ClFN2O3/c1-25-11-5-6-15-12(7-11)13(8-16(23)22-15)18(24)21-9-10-3-2-4-14(19)17(10)20/h2-7,13H,8-9H2,1H3,(H,21,24)(H,22,23)/t13-/m0/s1. The summed E-state index contributed by atoms with van der Waals surface area (Å²) in [6, 6.07) is 9.73. The molecule has 1 aliphatic rings. The van der Waals surface area contributed by atoms with Crippen LogP contribution in [0.3, 0.4) is 0 Å². The molecule has 0 saturated heterocycles. The average Bonchev–Trinajstić information content (AvgIpc) is 2.61. The van der Waals surface area contributed by atoms with Crippen molar-refractivity contribution in [2.24, 2.45) is 0 Å². The van der Waals surface area contributed by atoms with E-state index in [1.165, 1.54) is 13.2 Å². The number of carbonyl (C=O) groups is 2. The lowest BCUT2D eigenvalue weighted by Crippen LogP contribution is -2.34. The SMILES string of the molecule is COc1ccc2c(c1)[C@@H](C(=O)NCc1cccc(Cl)c1F)CC(=O)N2. The van der Waals surface area contributed by atoms with Gasteiger partial charge in [-0.15, -0.1) is 0 Å². The van der Waals surface area contributed by atoms with Crippen LogP contribution in [-0.2, 0) is 16.1 Å². The number of hydrogen-bond donors (Lipinski definition) is 2. The number of halogens is 2. The monoisotopic (exact) mass is 362 g/mol. The van der Waals surface area contributed by atoms with E-state index in [9.17, 15) is 14.0 Å². The zero-order valence-electron chi connectivity index (χ0n) is 13.4. The van der Waals surface area contributed by atoms with Crippen molar-refractivity contribution in [3.63, 3.8) is 0 Å². The Labute approximate surface area is 149 Å². The number of nitrogens with one attached hydrogen (secondary N) is 2. The normalized spacial score (nSPS) is 16.0. The lowest BCUT2D eigenvalue weighted by molar-refractivity contribution is -0.126. The van der Waals surface area contributed by atoms with Crippen molar-refractivity contribution < 1.29 is 18.7 Å². The van der Waals surface area contributed by atoms with Gasteiger partial charge in [0.1, 0.15) is 11.6 Å². The molecule has 0 fully saturated rings. The molecule has 1 heterocycles. The molecule has 5 nitrogen and oxygen atoms in total. The van der Waals surface area contributed by atoms with Crippen molar-refractivity contribution in [1.82, 2.24) is 5.32 Å². The molecule has 0 unspecified atom stereocenters. The number of carbonyl (C=O) groups excluding carboxylic acids is 2. The maximum absolute atomic E-state index is 13.9. The van der Waals surface area contributed by atoms with Gasteiger partial charge in [0.15, 0.2) is 0 Å². The van der Waals surface area contributed by atoms with Gasteiger partial charge in [0.2, 0.25) is 11.8 Å². The molecule has 1 atom stereocenters. The van der Waals surface area contributed by atoms with Gasteiger partial charge >= 0.3 is 0 Å². The van der Waals surface area contributed by atoms with E-state index in [-0.39, 0.29) is 35.4 Å². The highest BCUT2D eigenvalue weighted by atomic mass is 35.5. The number of benzene rings is 2. The molecule has 3 rings (SSSR count). The fourth-order valence-corrected chi connectivity index (χ4v) is 2.99. The fourth-order valence-electron chi connectivity index (χ4n) is 2.79. The van der Waals surface area contributed by atoms with Crippen LogP contribution in [0.25, 0.3) is 0 Å². The summed E-state index contributed by atoms with van der Waals surface area (Å²) in [7, 11) is 1.53. The zero-order chi connectivity index (χ0) is 18.0. The van der Waals surface area contributed by atoms with Crippen molar-refractivity contribution in [2.75, 3.05) is 12.4 Å². The number of rotatable bonds is 4. The number of fused-ring (bicyclic) bond motifs is 1. The molecule has 0 aromatic heterocycles. The summed E-state index contributed by atoms with van der Waals surface area (Å²) in [6.45, 7) is -0.0113. The summed E-state index contributed by atoms with van der Waals surface area (Å²) >= 11 is 5.74. The van der Waals surface area contributed by atoms with E-state index in [1.807, 2.05) is 0 Å². The van der Waals surface area contributed by atoms with Crippen molar-refractivity contribution in [1.29, 1.82) is 0 Å². The molecule has 0 radical (unpaired) electrons. The maximum atomic E-state index is 13.9. The van der Waals surface area contributed by atoms with Gasteiger partial charge in [-0.3, -0.25) is 9.59 Å². The first-order valence-electron chi connectivity index (χ1n) is 7.68. The topological polar surface area (TPSA) is 67.4 Å². The van der Waals surface area contributed by atoms with Crippen LogP contribution in [0.2, 0.25) is 5.02 Å². The number of ether oxygens (including phenoxy) is 1. The molecule has 1 aliphatic heterocycles. The van der Waals surface area contributed by atoms with Gasteiger partial charge in [-0.25, -0.2) is 4.39 Å². The third-order valence-corrected chi connectivity index (χ3v) is 4.39. The van der Waals surface area contributed by atoms with Crippen molar-refractivity contribution in [3.05, 3.63) is 58.4 Å². The van der Waals surface area contributed by atoms with Crippen LogP contribution in [0.5, 0.6) is 5.75 Å². The highest BCUT2D eigenvalue weighted by molar-refractivity contribution is 6.30. The quantitative estimate of drug-likeness (QED) is 0.877. The molecule has 0 aliphatic carbocycles. The largest absolute Gasteiger partial charge is 0.497 e.